The molecule has 1 aliphatic heterocycles. The van der Waals surface area contributed by atoms with Crippen LogP contribution < -0.4 is 9.80 Å². The van der Waals surface area contributed by atoms with Crippen molar-refractivity contribution in [2.75, 3.05) is 29.9 Å². The van der Waals surface area contributed by atoms with Crippen molar-refractivity contribution in [1.82, 2.24) is 19.3 Å². The molecular formula is C15H21BrN6S. The summed E-state index contributed by atoms with van der Waals surface area (Å²) < 4.78 is 5.36. The Balaban J connectivity index is 1.60. The molecule has 23 heavy (non-hydrogen) atoms. The highest BCUT2D eigenvalue weighted by Gasteiger charge is 2.25. The highest BCUT2D eigenvalue weighted by molar-refractivity contribution is 9.10. The van der Waals surface area contributed by atoms with E-state index in [1.807, 2.05) is 0 Å². The largest absolute Gasteiger partial charge is 0.347 e. The fourth-order valence-corrected chi connectivity index (χ4v) is 3.75. The van der Waals surface area contributed by atoms with Gasteiger partial charge in [-0.2, -0.15) is 4.37 Å². The number of aromatic nitrogens is 4. The van der Waals surface area contributed by atoms with E-state index < -0.39 is 0 Å². The highest BCUT2D eigenvalue weighted by Crippen LogP contribution is 2.26. The first kappa shape index (κ1) is 16.6. The Morgan fingerprint density at radius 2 is 1.91 bits per heavy atom. The minimum absolute atomic E-state index is 0.387. The molecular weight excluding hydrogens is 376 g/mol. The summed E-state index contributed by atoms with van der Waals surface area (Å²) >= 11 is 4.89. The van der Waals surface area contributed by atoms with Crippen molar-refractivity contribution >= 4 is 38.5 Å². The molecule has 0 N–H and O–H groups in total. The third-order valence-corrected chi connectivity index (χ3v) is 5.35. The first-order chi connectivity index (χ1) is 11.0. The van der Waals surface area contributed by atoms with Gasteiger partial charge >= 0.3 is 0 Å². The fraction of sp³-hybridized carbons (Fsp3) is 0.600. The van der Waals surface area contributed by atoms with E-state index in [1.54, 1.807) is 12.4 Å². The lowest BCUT2D eigenvalue weighted by Crippen LogP contribution is -2.44. The third-order valence-electron chi connectivity index (χ3n) is 4.15. The van der Waals surface area contributed by atoms with Crippen LogP contribution in [0.4, 0.5) is 11.1 Å². The molecule has 3 heterocycles. The van der Waals surface area contributed by atoms with Gasteiger partial charge in [-0.1, -0.05) is 13.8 Å². The molecule has 8 heteroatoms. The van der Waals surface area contributed by atoms with Crippen LogP contribution in [-0.4, -0.2) is 45.5 Å². The van der Waals surface area contributed by atoms with E-state index in [-0.39, 0.29) is 0 Å². The number of piperidine rings is 1. The van der Waals surface area contributed by atoms with Crippen molar-refractivity contribution < 1.29 is 0 Å². The predicted octanol–water partition coefficient (Wildman–Crippen LogP) is 3.32. The van der Waals surface area contributed by atoms with E-state index in [0.717, 1.165) is 47.3 Å². The molecule has 0 unspecified atom stereocenters. The van der Waals surface area contributed by atoms with Crippen molar-refractivity contribution in [3.05, 3.63) is 22.7 Å². The fourth-order valence-electron chi connectivity index (χ4n) is 2.68. The van der Waals surface area contributed by atoms with E-state index in [1.165, 1.54) is 11.5 Å². The van der Waals surface area contributed by atoms with Crippen LogP contribution in [0.15, 0.2) is 16.9 Å². The molecule has 124 valence electrons. The monoisotopic (exact) mass is 396 g/mol. The second-order valence-electron chi connectivity index (χ2n) is 6.12. The van der Waals surface area contributed by atoms with E-state index in [9.17, 15) is 0 Å². The van der Waals surface area contributed by atoms with Crippen LogP contribution in [0.25, 0.3) is 0 Å². The van der Waals surface area contributed by atoms with Gasteiger partial charge in [0.05, 0.1) is 4.47 Å². The maximum absolute atomic E-state index is 4.66. The molecule has 1 fully saturated rings. The third kappa shape index (κ3) is 3.80. The number of nitrogens with zero attached hydrogens (tertiary/aromatic N) is 6. The van der Waals surface area contributed by atoms with Gasteiger partial charge in [-0.3, -0.25) is 0 Å². The van der Waals surface area contributed by atoms with Gasteiger partial charge in [0.2, 0.25) is 11.1 Å². The van der Waals surface area contributed by atoms with Gasteiger partial charge in [-0.25, -0.2) is 15.0 Å². The molecule has 0 amide bonds. The minimum Gasteiger partial charge on any atom is -0.347 e. The molecule has 0 aromatic carbocycles. The molecule has 0 bridgehead atoms. The van der Waals surface area contributed by atoms with Crippen molar-refractivity contribution in [1.29, 1.82) is 0 Å². The molecule has 1 saturated heterocycles. The molecule has 3 rings (SSSR count). The van der Waals surface area contributed by atoms with E-state index in [4.69, 9.17) is 0 Å². The molecule has 0 saturated carbocycles. The Morgan fingerprint density at radius 1 is 1.26 bits per heavy atom. The lowest BCUT2D eigenvalue weighted by Gasteiger charge is -2.36. The summed E-state index contributed by atoms with van der Waals surface area (Å²) in [6.07, 6.45) is 5.74. The average molecular weight is 397 g/mol. The number of halogens is 1. The first-order valence-electron chi connectivity index (χ1n) is 7.83. The minimum atomic E-state index is 0.387. The molecule has 0 radical (unpaired) electrons. The lowest BCUT2D eigenvalue weighted by molar-refractivity contribution is 0.477. The average Bonchev–Trinajstić information content (AvgIpc) is 3.05. The van der Waals surface area contributed by atoms with Gasteiger partial charge in [0.1, 0.15) is 5.82 Å². The molecule has 6 nitrogen and oxygen atoms in total. The highest BCUT2D eigenvalue weighted by atomic mass is 79.9. The summed E-state index contributed by atoms with van der Waals surface area (Å²) in [4.78, 5) is 18.0. The molecule has 2 aromatic heterocycles. The molecule has 2 aromatic rings. The second kappa shape index (κ2) is 7.09. The molecule has 1 aliphatic rings. The van der Waals surface area contributed by atoms with Crippen LogP contribution in [0.5, 0.6) is 0 Å². The van der Waals surface area contributed by atoms with Crippen LogP contribution in [-0.2, 0) is 0 Å². The van der Waals surface area contributed by atoms with Crippen LogP contribution in [0, 0.1) is 0 Å². The van der Waals surface area contributed by atoms with Crippen LogP contribution in [0.1, 0.15) is 38.4 Å². The maximum atomic E-state index is 4.66. The zero-order valence-electron chi connectivity index (χ0n) is 13.6. The maximum Gasteiger partial charge on any atom is 0.225 e. The number of rotatable bonds is 4. The zero-order valence-corrected chi connectivity index (χ0v) is 16.0. The van der Waals surface area contributed by atoms with Crippen molar-refractivity contribution in [2.24, 2.45) is 0 Å². The lowest BCUT2D eigenvalue weighted by atomic mass is 10.0. The number of hydrogen-bond acceptors (Lipinski definition) is 7. The molecule has 0 spiro atoms. The SMILES string of the molecule is CC(C)c1nsc(N2CCC(N(C)c3ncc(Br)cn3)CC2)n1. The summed E-state index contributed by atoms with van der Waals surface area (Å²) in [5.74, 6) is 2.12. The predicted molar refractivity (Wildman–Crippen MR) is 97.4 cm³/mol. The Kier molecular flexibility index (Phi) is 5.11. The standard InChI is InChI=1S/C15H21BrN6S/c1-10(2)13-19-15(23-20-13)22-6-4-12(5-7-22)21(3)14-17-8-11(16)9-18-14/h8-10,12H,4-7H2,1-3H3. The zero-order chi connectivity index (χ0) is 16.4. The Hall–Kier alpha value is -1.28. The smallest absolute Gasteiger partial charge is 0.225 e. The Bertz CT molecular complexity index is 636. The summed E-state index contributed by atoms with van der Waals surface area (Å²) in [5.41, 5.74) is 0. The van der Waals surface area contributed by atoms with Gasteiger partial charge in [0.15, 0.2) is 0 Å². The van der Waals surface area contributed by atoms with Crippen molar-refractivity contribution in [2.45, 2.75) is 38.6 Å². The van der Waals surface area contributed by atoms with Crippen LogP contribution in [0.3, 0.4) is 0 Å². The summed E-state index contributed by atoms with van der Waals surface area (Å²) in [7, 11) is 2.07. The van der Waals surface area contributed by atoms with Gasteiger partial charge in [0.25, 0.3) is 0 Å². The van der Waals surface area contributed by atoms with E-state index in [2.05, 4.69) is 66.0 Å². The number of hydrogen-bond donors (Lipinski definition) is 0. The quantitative estimate of drug-likeness (QED) is 0.789. The van der Waals surface area contributed by atoms with Crippen molar-refractivity contribution in [3.8, 4) is 0 Å². The molecule has 0 aliphatic carbocycles. The summed E-state index contributed by atoms with van der Waals surface area (Å²) in [6, 6.07) is 0.463. The summed E-state index contributed by atoms with van der Waals surface area (Å²) in [6.45, 7) is 6.26. The van der Waals surface area contributed by atoms with Gasteiger partial charge in [0, 0.05) is 56.0 Å². The van der Waals surface area contributed by atoms with Crippen LogP contribution in [0.2, 0.25) is 0 Å². The van der Waals surface area contributed by atoms with Gasteiger partial charge in [-0.05, 0) is 28.8 Å². The van der Waals surface area contributed by atoms with Crippen molar-refractivity contribution in [3.63, 3.8) is 0 Å². The Labute approximate surface area is 149 Å². The second-order valence-corrected chi connectivity index (χ2v) is 7.77. The molecule has 0 atom stereocenters. The Morgan fingerprint density at radius 3 is 2.48 bits per heavy atom. The van der Waals surface area contributed by atoms with E-state index >= 15 is 0 Å². The van der Waals surface area contributed by atoms with Gasteiger partial charge in [-0.15, -0.1) is 0 Å². The number of anilines is 2. The normalized spacial score (nSPS) is 16.1. The van der Waals surface area contributed by atoms with E-state index in [0.29, 0.717) is 12.0 Å². The van der Waals surface area contributed by atoms with Crippen LogP contribution >= 0.6 is 27.5 Å². The topological polar surface area (TPSA) is 58.0 Å². The summed E-state index contributed by atoms with van der Waals surface area (Å²) in [5, 5.41) is 1.05. The van der Waals surface area contributed by atoms with Gasteiger partial charge < -0.3 is 9.80 Å². The first-order valence-corrected chi connectivity index (χ1v) is 9.40.